The highest BCUT2D eigenvalue weighted by Crippen LogP contribution is 2.17. The monoisotopic (exact) mass is 301 g/mol. The Labute approximate surface area is 121 Å². The van der Waals surface area contributed by atoms with Crippen LogP contribution in [-0.2, 0) is 14.6 Å². The first-order valence-corrected chi connectivity index (χ1v) is 8.27. The molecule has 0 saturated carbocycles. The molecule has 6 heteroatoms. The standard InChI is InChI=1S/C14H23NO4S/c1-4-9-15-12(10-18-2)11-20(16,17)14-7-5-13(19-3)6-8-14/h5-8,12,15H,4,9-11H2,1-3H3. The van der Waals surface area contributed by atoms with Crippen LogP contribution in [0, 0.1) is 0 Å². The fourth-order valence-electron chi connectivity index (χ4n) is 1.86. The van der Waals surface area contributed by atoms with Gasteiger partial charge in [-0.25, -0.2) is 8.42 Å². The average molecular weight is 301 g/mol. The second-order valence-electron chi connectivity index (χ2n) is 4.56. The quantitative estimate of drug-likeness (QED) is 0.748. The summed E-state index contributed by atoms with van der Waals surface area (Å²) in [7, 11) is -0.217. The normalized spacial score (nSPS) is 13.2. The molecule has 0 aliphatic carbocycles. The topological polar surface area (TPSA) is 64.6 Å². The predicted octanol–water partition coefficient (Wildman–Crippen LogP) is 1.48. The van der Waals surface area contributed by atoms with E-state index in [0.29, 0.717) is 17.3 Å². The predicted molar refractivity (Wildman–Crippen MR) is 79.0 cm³/mol. The average Bonchev–Trinajstić information content (AvgIpc) is 2.45. The van der Waals surface area contributed by atoms with E-state index < -0.39 is 9.84 Å². The summed E-state index contributed by atoms with van der Waals surface area (Å²) in [6.45, 7) is 3.18. The molecule has 0 aliphatic heterocycles. The number of rotatable bonds is 9. The van der Waals surface area contributed by atoms with E-state index in [0.717, 1.165) is 13.0 Å². The third kappa shape index (κ3) is 5.11. The van der Waals surface area contributed by atoms with Crippen molar-refractivity contribution in [2.24, 2.45) is 0 Å². The van der Waals surface area contributed by atoms with Crippen LogP contribution in [0.15, 0.2) is 29.2 Å². The minimum absolute atomic E-state index is 0.0210. The molecule has 0 fully saturated rings. The van der Waals surface area contributed by atoms with Crippen molar-refractivity contribution in [2.75, 3.05) is 33.1 Å². The first-order valence-electron chi connectivity index (χ1n) is 6.62. The molecule has 1 rings (SSSR count). The number of ether oxygens (including phenoxy) is 2. The lowest BCUT2D eigenvalue weighted by Gasteiger charge is -2.17. The molecule has 5 nitrogen and oxygen atoms in total. The molecule has 1 aromatic rings. The van der Waals surface area contributed by atoms with Crippen molar-refractivity contribution in [3.63, 3.8) is 0 Å². The van der Waals surface area contributed by atoms with Gasteiger partial charge >= 0.3 is 0 Å². The molecule has 1 atom stereocenters. The molecule has 1 N–H and O–H groups in total. The van der Waals surface area contributed by atoms with E-state index in [1.165, 1.54) is 0 Å². The van der Waals surface area contributed by atoms with Crippen molar-refractivity contribution in [1.82, 2.24) is 5.32 Å². The lowest BCUT2D eigenvalue weighted by atomic mass is 10.3. The third-order valence-corrected chi connectivity index (χ3v) is 4.72. The molecular formula is C14H23NO4S. The second kappa shape index (κ2) is 8.24. The fourth-order valence-corrected chi connectivity index (χ4v) is 3.35. The maximum atomic E-state index is 12.3. The van der Waals surface area contributed by atoms with Crippen molar-refractivity contribution in [3.8, 4) is 5.75 Å². The van der Waals surface area contributed by atoms with E-state index in [9.17, 15) is 8.42 Å². The smallest absolute Gasteiger partial charge is 0.179 e. The zero-order chi connectivity index (χ0) is 15.0. The first kappa shape index (κ1) is 16.9. The Balaban J connectivity index is 2.79. The Morgan fingerprint density at radius 2 is 1.85 bits per heavy atom. The van der Waals surface area contributed by atoms with Gasteiger partial charge in [-0.3, -0.25) is 0 Å². The number of benzene rings is 1. The van der Waals surface area contributed by atoms with E-state index in [-0.39, 0.29) is 11.8 Å². The minimum atomic E-state index is -3.34. The molecule has 0 heterocycles. The summed E-state index contributed by atoms with van der Waals surface area (Å²) in [5, 5.41) is 3.19. The van der Waals surface area contributed by atoms with E-state index >= 15 is 0 Å². The SMILES string of the molecule is CCCNC(COC)CS(=O)(=O)c1ccc(OC)cc1. The van der Waals surface area contributed by atoms with Crippen LogP contribution in [0.4, 0.5) is 0 Å². The van der Waals surface area contributed by atoms with Crippen molar-refractivity contribution in [3.05, 3.63) is 24.3 Å². The van der Waals surface area contributed by atoms with E-state index in [4.69, 9.17) is 9.47 Å². The molecule has 0 saturated heterocycles. The summed E-state index contributed by atoms with van der Waals surface area (Å²) in [6, 6.07) is 6.23. The summed E-state index contributed by atoms with van der Waals surface area (Å²) >= 11 is 0. The molecule has 1 aromatic carbocycles. The number of methoxy groups -OCH3 is 2. The highest BCUT2D eigenvalue weighted by Gasteiger charge is 2.21. The molecule has 0 radical (unpaired) electrons. The van der Waals surface area contributed by atoms with Gasteiger partial charge in [0.05, 0.1) is 24.4 Å². The summed E-state index contributed by atoms with van der Waals surface area (Å²) in [5.41, 5.74) is 0. The van der Waals surface area contributed by atoms with Crippen LogP contribution in [0.25, 0.3) is 0 Å². The number of hydrogen-bond donors (Lipinski definition) is 1. The van der Waals surface area contributed by atoms with Gasteiger partial charge in [0.25, 0.3) is 0 Å². The Morgan fingerprint density at radius 1 is 1.20 bits per heavy atom. The van der Waals surface area contributed by atoms with Crippen LogP contribution in [0.1, 0.15) is 13.3 Å². The van der Waals surface area contributed by atoms with Crippen molar-refractivity contribution >= 4 is 9.84 Å². The largest absolute Gasteiger partial charge is 0.497 e. The first-order chi connectivity index (χ1) is 9.53. The highest BCUT2D eigenvalue weighted by molar-refractivity contribution is 7.91. The Hall–Kier alpha value is -1.11. The Bertz CT molecular complexity index is 484. The number of nitrogens with one attached hydrogen (secondary N) is 1. The molecule has 20 heavy (non-hydrogen) atoms. The molecule has 1 unspecified atom stereocenters. The van der Waals surface area contributed by atoms with Gasteiger partial charge in [-0.1, -0.05) is 6.92 Å². The zero-order valence-corrected chi connectivity index (χ0v) is 13.1. The van der Waals surface area contributed by atoms with Crippen LogP contribution in [0.5, 0.6) is 5.75 Å². The van der Waals surface area contributed by atoms with E-state index in [1.807, 2.05) is 6.92 Å². The summed E-state index contributed by atoms with van der Waals surface area (Å²) < 4.78 is 34.8. The Kier molecular flexibility index (Phi) is 6.98. The summed E-state index contributed by atoms with van der Waals surface area (Å²) in [6.07, 6.45) is 0.947. The van der Waals surface area contributed by atoms with Gasteiger partial charge < -0.3 is 14.8 Å². The lowest BCUT2D eigenvalue weighted by molar-refractivity contribution is 0.173. The van der Waals surface area contributed by atoms with Crippen LogP contribution < -0.4 is 10.1 Å². The van der Waals surface area contributed by atoms with Crippen LogP contribution in [0.2, 0.25) is 0 Å². The molecule has 0 aromatic heterocycles. The highest BCUT2D eigenvalue weighted by atomic mass is 32.2. The van der Waals surface area contributed by atoms with Gasteiger partial charge in [0.1, 0.15) is 5.75 Å². The van der Waals surface area contributed by atoms with Gasteiger partial charge in [-0.15, -0.1) is 0 Å². The van der Waals surface area contributed by atoms with Crippen molar-refractivity contribution < 1.29 is 17.9 Å². The maximum Gasteiger partial charge on any atom is 0.179 e. The molecule has 0 aliphatic rings. The third-order valence-electron chi connectivity index (χ3n) is 2.89. The molecule has 0 amide bonds. The molecular weight excluding hydrogens is 278 g/mol. The maximum absolute atomic E-state index is 12.3. The van der Waals surface area contributed by atoms with Crippen LogP contribution in [-0.4, -0.2) is 47.6 Å². The van der Waals surface area contributed by atoms with Gasteiger partial charge in [-0.05, 0) is 37.2 Å². The van der Waals surface area contributed by atoms with Gasteiger partial charge in [-0.2, -0.15) is 0 Å². The summed E-state index contributed by atoms with van der Waals surface area (Å²) in [5.74, 6) is 0.661. The van der Waals surface area contributed by atoms with E-state index in [2.05, 4.69) is 5.32 Å². The minimum Gasteiger partial charge on any atom is -0.497 e. The lowest BCUT2D eigenvalue weighted by Crippen LogP contribution is -2.39. The zero-order valence-electron chi connectivity index (χ0n) is 12.3. The Morgan fingerprint density at radius 3 is 2.35 bits per heavy atom. The van der Waals surface area contributed by atoms with E-state index in [1.54, 1.807) is 38.5 Å². The molecule has 0 bridgehead atoms. The van der Waals surface area contributed by atoms with Gasteiger partial charge in [0, 0.05) is 13.2 Å². The van der Waals surface area contributed by atoms with Crippen LogP contribution >= 0.6 is 0 Å². The van der Waals surface area contributed by atoms with Crippen molar-refractivity contribution in [2.45, 2.75) is 24.3 Å². The molecule has 114 valence electrons. The molecule has 0 spiro atoms. The number of hydrogen-bond acceptors (Lipinski definition) is 5. The van der Waals surface area contributed by atoms with Crippen molar-refractivity contribution in [1.29, 1.82) is 0 Å². The fraction of sp³-hybridized carbons (Fsp3) is 0.571. The summed E-state index contributed by atoms with van der Waals surface area (Å²) in [4.78, 5) is 0.303. The van der Waals surface area contributed by atoms with Crippen LogP contribution in [0.3, 0.4) is 0 Å². The van der Waals surface area contributed by atoms with Gasteiger partial charge in [0.2, 0.25) is 0 Å². The second-order valence-corrected chi connectivity index (χ2v) is 6.60. The van der Waals surface area contributed by atoms with Gasteiger partial charge in [0.15, 0.2) is 9.84 Å². The number of sulfone groups is 1.